The number of halogens is 4. The van der Waals surface area contributed by atoms with Crippen molar-refractivity contribution in [2.75, 3.05) is 0 Å². The summed E-state index contributed by atoms with van der Waals surface area (Å²) in [6.45, 7) is 0. The van der Waals surface area contributed by atoms with Crippen molar-refractivity contribution in [2.24, 2.45) is 5.73 Å². The highest BCUT2D eigenvalue weighted by molar-refractivity contribution is 5.85. The van der Waals surface area contributed by atoms with E-state index in [2.05, 4.69) is 0 Å². The third-order valence-electron chi connectivity index (χ3n) is 3.33. The Morgan fingerprint density at radius 1 is 0.955 bits per heavy atom. The molecule has 6 heteroatoms. The summed E-state index contributed by atoms with van der Waals surface area (Å²) in [6, 6.07) is 13.1. The van der Waals surface area contributed by atoms with Gasteiger partial charge in [0, 0.05) is 6.42 Å². The Bertz CT molecular complexity index is 572. The molecule has 2 atom stereocenters. The van der Waals surface area contributed by atoms with Gasteiger partial charge < -0.3 is 10.8 Å². The largest absolute Gasteiger partial charge is 0.416 e. The van der Waals surface area contributed by atoms with Gasteiger partial charge in [0.05, 0.1) is 17.7 Å². The number of rotatable bonds is 4. The zero-order valence-corrected chi connectivity index (χ0v) is 12.4. The van der Waals surface area contributed by atoms with Crippen LogP contribution in [0.4, 0.5) is 13.2 Å². The zero-order valence-electron chi connectivity index (χ0n) is 11.6. The van der Waals surface area contributed by atoms with Gasteiger partial charge in [0.1, 0.15) is 0 Å². The van der Waals surface area contributed by atoms with E-state index in [4.69, 9.17) is 5.73 Å². The van der Waals surface area contributed by atoms with Crippen LogP contribution < -0.4 is 5.73 Å². The maximum absolute atomic E-state index is 12.5. The molecule has 0 aromatic heterocycles. The standard InChI is InChI=1S/C16H16F3NO.ClH/c17-16(18,19)13-8-6-12(7-9-13)15(20)14(21)10-11-4-2-1-3-5-11;/h1-9,14-15,21H,10,20H2;1H/t14-,15+;/m0./s1. The number of nitrogens with two attached hydrogens (primary N) is 1. The Kier molecular flexibility index (Phi) is 6.41. The van der Waals surface area contributed by atoms with E-state index in [0.717, 1.165) is 17.7 Å². The van der Waals surface area contributed by atoms with E-state index in [1.807, 2.05) is 30.3 Å². The van der Waals surface area contributed by atoms with E-state index in [-0.39, 0.29) is 12.4 Å². The molecule has 0 aliphatic heterocycles. The molecule has 0 spiro atoms. The van der Waals surface area contributed by atoms with Gasteiger partial charge in [-0.2, -0.15) is 13.2 Å². The quantitative estimate of drug-likeness (QED) is 0.896. The second-order valence-corrected chi connectivity index (χ2v) is 4.90. The second-order valence-electron chi connectivity index (χ2n) is 4.90. The Morgan fingerprint density at radius 2 is 1.50 bits per heavy atom. The summed E-state index contributed by atoms with van der Waals surface area (Å²) in [6.07, 6.45) is -4.88. The lowest BCUT2D eigenvalue weighted by Crippen LogP contribution is -2.28. The maximum atomic E-state index is 12.5. The van der Waals surface area contributed by atoms with Crippen molar-refractivity contribution in [2.45, 2.75) is 24.7 Å². The molecule has 2 nitrogen and oxygen atoms in total. The van der Waals surface area contributed by atoms with E-state index in [1.165, 1.54) is 12.1 Å². The van der Waals surface area contributed by atoms with Crippen molar-refractivity contribution >= 4 is 12.4 Å². The van der Waals surface area contributed by atoms with Crippen molar-refractivity contribution in [1.82, 2.24) is 0 Å². The summed E-state index contributed by atoms with van der Waals surface area (Å²) in [5.41, 5.74) is 6.59. The molecule has 2 aromatic rings. The summed E-state index contributed by atoms with van der Waals surface area (Å²) < 4.78 is 37.5. The first-order valence-corrected chi connectivity index (χ1v) is 6.52. The van der Waals surface area contributed by atoms with Gasteiger partial charge in [-0.1, -0.05) is 42.5 Å². The fourth-order valence-electron chi connectivity index (χ4n) is 2.10. The van der Waals surface area contributed by atoms with Crippen molar-refractivity contribution < 1.29 is 18.3 Å². The molecule has 0 saturated heterocycles. The normalized spacial score (nSPS) is 14.0. The SMILES string of the molecule is Cl.N[C@H](c1ccc(C(F)(F)F)cc1)[C@@H](O)Cc1ccccc1. The molecule has 0 aliphatic rings. The monoisotopic (exact) mass is 331 g/mol. The van der Waals surface area contributed by atoms with Gasteiger partial charge in [0.25, 0.3) is 0 Å². The van der Waals surface area contributed by atoms with Crippen LogP contribution in [0.1, 0.15) is 22.7 Å². The number of hydrogen-bond donors (Lipinski definition) is 2. The Balaban J connectivity index is 0.00000242. The number of alkyl halides is 3. The molecule has 0 saturated carbocycles. The molecular weight excluding hydrogens is 315 g/mol. The van der Waals surface area contributed by atoms with Crippen molar-refractivity contribution in [1.29, 1.82) is 0 Å². The van der Waals surface area contributed by atoms with E-state index in [0.29, 0.717) is 12.0 Å². The molecule has 0 amide bonds. The lowest BCUT2D eigenvalue weighted by molar-refractivity contribution is -0.137. The summed E-state index contributed by atoms with van der Waals surface area (Å²) >= 11 is 0. The van der Waals surface area contributed by atoms with Gasteiger partial charge >= 0.3 is 6.18 Å². The van der Waals surface area contributed by atoms with Crippen LogP contribution in [0.5, 0.6) is 0 Å². The molecule has 0 aliphatic carbocycles. The molecule has 2 rings (SSSR count). The van der Waals surface area contributed by atoms with Gasteiger partial charge in [0.2, 0.25) is 0 Å². The fourth-order valence-corrected chi connectivity index (χ4v) is 2.10. The average Bonchev–Trinajstić information content (AvgIpc) is 2.46. The maximum Gasteiger partial charge on any atom is 0.416 e. The van der Waals surface area contributed by atoms with Gasteiger partial charge in [-0.05, 0) is 23.3 Å². The smallest absolute Gasteiger partial charge is 0.391 e. The summed E-state index contributed by atoms with van der Waals surface area (Å²) in [4.78, 5) is 0. The van der Waals surface area contributed by atoms with Crippen LogP contribution >= 0.6 is 12.4 Å². The minimum Gasteiger partial charge on any atom is -0.391 e. The van der Waals surface area contributed by atoms with Crippen LogP contribution in [0.15, 0.2) is 54.6 Å². The van der Waals surface area contributed by atoms with Crippen LogP contribution in [-0.2, 0) is 12.6 Å². The predicted octanol–water partition coefficient (Wildman–Crippen LogP) is 3.73. The molecule has 22 heavy (non-hydrogen) atoms. The van der Waals surface area contributed by atoms with Gasteiger partial charge in [0.15, 0.2) is 0 Å². The molecule has 3 N–H and O–H groups in total. The molecule has 0 radical (unpaired) electrons. The highest BCUT2D eigenvalue weighted by Gasteiger charge is 2.30. The molecule has 0 heterocycles. The minimum absolute atomic E-state index is 0. The van der Waals surface area contributed by atoms with Crippen molar-refractivity contribution in [3.63, 3.8) is 0 Å². The molecule has 0 unspecified atom stereocenters. The van der Waals surface area contributed by atoms with Crippen LogP contribution in [0.3, 0.4) is 0 Å². The van der Waals surface area contributed by atoms with Gasteiger partial charge in [-0.15, -0.1) is 12.4 Å². The van der Waals surface area contributed by atoms with E-state index in [1.54, 1.807) is 0 Å². The lowest BCUT2D eigenvalue weighted by Gasteiger charge is -2.20. The van der Waals surface area contributed by atoms with Crippen molar-refractivity contribution in [3.8, 4) is 0 Å². The van der Waals surface area contributed by atoms with Gasteiger partial charge in [-0.25, -0.2) is 0 Å². The first-order chi connectivity index (χ1) is 9.88. The predicted molar refractivity (Wildman–Crippen MR) is 81.8 cm³/mol. The van der Waals surface area contributed by atoms with Crippen LogP contribution in [0.2, 0.25) is 0 Å². The zero-order chi connectivity index (χ0) is 15.5. The molecular formula is C16H17ClF3NO. The molecule has 0 fully saturated rings. The lowest BCUT2D eigenvalue weighted by atomic mass is 9.96. The summed E-state index contributed by atoms with van der Waals surface area (Å²) in [5, 5.41) is 10.1. The summed E-state index contributed by atoms with van der Waals surface area (Å²) in [5.74, 6) is 0. The highest BCUT2D eigenvalue weighted by atomic mass is 35.5. The number of benzene rings is 2. The van der Waals surface area contributed by atoms with Crippen LogP contribution in [0.25, 0.3) is 0 Å². The van der Waals surface area contributed by atoms with Crippen LogP contribution in [-0.4, -0.2) is 11.2 Å². The Morgan fingerprint density at radius 3 is 2.00 bits per heavy atom. The number of aliphatic hydroxyl groups is 1. The fraction of sp³-hybridized carbons (Fsp3) is 0.250. The van der Waals surface area contributed by atoms with Crippen molar-refractivity contribution in [3.05, 3.63) is 71.3 Å². The Labute approximate surface area is 133 Å². The van der Waals surface area contributed by atoms with E-state index in [9.17, 15) is 18.3 Å². The van der Waals surface area contributed by atoms with E-state index >= 15 is 0 Å². The topological polar surface area (TPSA) is 46.2 Å². The molecule has 120 valence electrons. The first-order valence-electron chi connectivity index (χ1n) is 6.52. The highest BCUT2D eigenvalue weighted by Crippen LogP contribution is 2.30. The minimum atomic E-state index is -4.37. The third kappa shape index (κ3) is 4.73. The second kappa shape index (κ2) is 7.63. The summed E-state index contributed by atoms with van der Waals surface area (Å²) in [7, 11) is 0. The first kappa shape index (κ1) is 18.5. The Hall–Kier alpha value is -1.56. The van der Waals surface area contributed by atoms with Crippen LogP contribution in [0, 0.1) is 0 Å². The van der Waals surface area contributed by atoms with E-state index < -0.39 is 23.9 Å². The third-order valence-corrected chi connectivity index (χ3v) is 3.33. The average molecular weight is 332 g/mol. The number of aliphatic hydroxyl groups excluding tert-OH is 1. The van der Waals surface area contributed by atoms with Gasteiger partial charge in [-0.3, -0.25) is 0 Å². The number of hydrogen-bond acceptors (Lipinski definition) is 2. The molecule has 0 bridgehead atoms. The molecule has 2 aromatic carbocycles.